The Kier molecular flexibility index (Phi) is 4.64. The molecule has 1 aliphatic rings. The largest absolute Gasteiger partial charge is 0.325 e. The van der Waals surface area contributed by atoms with E-state index in [-0.39, 0.29) is 17.7 Å². The Bertz CT molecular complexity index is 882. The third-order valence-electron chi connectivity index (χ3n) is 5.00. The van der Waals surface area contributed by atoms with Gasteiger partial charge in [-0.15, -0.1) is 0 Å². The van der Waals surface area contributed by atoms with E-state index in [1.54, 1.807) is 31.2 Å². The zero-order valence-corrected chi connectivity index (χ0v) is 16.1. The number of benzene rings is 2. The number of amides is 3. The lowest BCUT2D eigenvalue weighted by atomic mass is 9.86. The van der Waals surface area contributed by atoms with Crippen LogP contribution < -0.4 is 5.32 Å². The monoisotopic (exact) mass is 364 g/mol. The molecule has 5 nitrogen and oxygen atoms in total. The maximum atomic E-state index is 12.9. The van der Waals surface area contributed by atoms with E-state index in [1.165, 1.54) is 0 Å². The van der Waals surface area contributed by atoms with E-state index in [4.69, 9.17) is 0 Å². The molecular weight excluding hydrogens is 340 g/mol. The van der Waals surface area contributed by atoms with Crippen molar-refractivity contribution in [1.82, 2.24) is 10.2 Å². The van der Waals surface area contributed by atoms with Crippen LogP contribution in [-0.4, -0.2) is 29.2 Å². The van der Waals surface area contributed by atoms with E-state index in [2.05, 4.69) is 26.1 Å². The van der Waals surface area contributed by atoms with Crippen molar-refractivity contribution in [2.24, 2.45) is 0 Å². The minimum absolute atomic E-state index is 0.0100. The highest BCUT2D eigenvalue weighted by atomic mass is 16.2. The van der Waals surface area contributed by atoms with Crippen molar-refractivity contribution in [3.05, 3.63) is 71.3 Å². The van der Waals surface area contributed by atoms with Crippen LogP contribution in [0.1, 0.15) is 49.2 Å². The van der Waals surface area contributed by atoms with E-state index in [0.717, 1.165) is 10.5 Å². The van der Waals surface area contributed by atoms with Gasteiger partial charge in [0.2, 0.25) is 0 Å². The van der Waals surface area contributed by atoms with Crippen LogP contribution in [0, 0.1) is 0 Å². The number of carbonyl (C=O) groups excluding carboxylic acids is 3. The van der Waals surface area contributed by atoms with Gasteiger partial charge in [-0.05, 0) is 23.5 Å². The molecule has 0 unspecified atom stereocenters. The van der Waals surface area contributed by atoms with E-state index in [1.807, 2.05) is 30.3 Å². The predicted molar refractivity (Wildman–Crippen MR) is 104 cm³/mol. The quantitative estimate of drug-likeness (QED) is 0.665. The summed E-state index contributed by atoms with van der Waals surface area (Å²) >= 11 is 0. The van der Waals surface area contributed by atoms with Gasteiger partial charge in [0, 0.05) is 5.56 Å². The van der Waals surface area contributed by atoms with Crippen molar-refractivity contribution in [3.63, 3.8) is 0 Å². The second-order valence-electron chi connectivity index (χ2n) is 8.06. The Balaban J connectivity index is 1.78. The summed E-state index contributed by atoms with van der Waals surface area (Å²) in [6.07, 6.45) is 0. The molecule has 1 fully saturated rings. The summed E-state index contributed by atoms with van der Waals surface area (Å²) in [6.45, 7) is 7.68. The molecule has 0 saturated carbocycles. The maximum Gasteiger partial charge on any atom is 0.325 e. The third-order valence-corrected chi connectivity index (χ3v) is 5.00. The normalized spacial score (nSPS) is 19.9. The first kappa shape index (κ1) is 18.8. The van der Waals surface area contributed by atoms with Gasteiger partial charge in [-0.1, -0.05) is 75.4 Å². The second kappa shape index (κ2) is 6.65. The Hall–Kier alpha value is -2.95. The summed E-state index contributed by atoms with van der Waals surface area (Å²) in [7, 11) is 0. The summed E-state index contributed by atoms with van der Waals surface area (Å²) in [6, 6.07) is 15.8. The highest BCUT2D eigenvalue weighted by Crippen LogP contribution is 2.29. The lowest BCUT2D eigenvalue weighted by Gasteiger charge is -2.22. The molecule has 27 heavy (non-hydrogen) atoms. The highest BCUT2D eigenvalue weighted by molar-refractivity contribution is 6.11. The second-order valence-corrected chi connectivity index (χ2v) is 8.06. The zero-order chi connectivity index (χ0) is 19.8. The Labute approximate surface area is 159 Å². The highest BCUT2D eigenvalue weighted by Gasteiger charge is 2.49. The van der Waals surface area contributed by atoms with Gasteiger partial charge in [-0.2, -0.15) is 0 Å². The number of hydrogen-bond donors (Lipinski definition) is 1. The molecule has 3 rings (SSSR count). The Morgan fingerprint density at radius 3 is 2.15 bits per heavy atom. The molecular formula is C22H24N2O3. The van der Waals surface area contributed by atoms with E-state index >= 15 is 0 Å². The number of nitrogens with one attached hydrogen (secondary N) is 1. The SMILES string of the molecule is CC(C)(C)c1ccc(C(=O)CN2C(=O)N[C@@](C)(c3ccccc3)C2=O)cc1. The first-order chi connectivity index (χ1) is 12.6. The number of ketones is 1. The molecule has 0 aromatic heterocycles. The van der Waals surface area contributed by atoms with E-state index in [9.17, 15) is 14.4 Å². The third kappa shape index (κ3) is 3.50. The van der Waals surface area contributed by atoms with Gasteiger partial charge >= 0.3 is 6.03 Å². The number of hydrogen-bond acceptors (Lipinski definition) is 3. The molecule has 1 atom stereocenters. The fourth-order valence-corrected chi connectivity index (χ4v) is 3.20. The van der Waals surface area contributed by atoms with Crippen LogP contribution in [-0.2, 0) is 15.7 Å². The average molecular weight is 364 g/mol. The fourth-order valence-electron chi connectivity index (χ4n) is 3.20. The first-order valence-corrected chi connectivity index (χ1v) is 8.96. The summed E-state index contributed by atoms with van der Waals surface area (Å²) in [5.41, 5.74) is 1.12. The van der Waals surface area contributed by atoms with Gasteiger partial charge < -0.3 is 5.32 Å². The number of urea groups is 1. The van der Waals surface area contributed by atoms with Crippen LogP contribution in [0.3, 0.4) is 0 Å². The molecule has 3 amide bonds. The average Bonchev–Trinajstić information content (AvgIpc) is 2.86. The van der Waals surface area contributed by atoms with E-state index < -0.39 is 17.5 Å². The molecule has 0 spiro atoms. The molecule has 1 N–H and O–H groups in total. The minimum Gasteiger partial charge on any atom is -0.319 e. The van der Waals surface area contributed by atoms with E-state index in [0.29, 0.717) is 11.1 Å². The molecule has 1 aliphatic heterocycles. The van der Waals surface area contributed by atoms with Crippen molar-refractivity contribution in [1.29, 1.82) is 0 Å². The van der Waals surface area contributed by atoms with Gasteiger partial charge in [0.15, 0.2) is 5.78 Å². The summed E-state index contributed by atoms with van der Waals surface area (Å²) in [4.78, 5) is 38.9. The molecule has 2 aromatic rings. The van der Waals surface area contributed by atoms with Crippen LogP contribution >= 0.6 is 0 Å². The first-order valence-electron chi connectivity index (χ1n) is 8.96. The van der Waals surface area contributed by atoms with Crippen LogP contribution in [0.25, 0.3) is 0 Å². The molecule has 5 heteroatoms. The topological polar surface area (TPSA) is 66.5 Å². The summed E-state index contributed by atoms with van der Waals surface area (Å²) in [5, 5.41) is 2.72. The van der Waals surface area contributed by atoms with Crippen LogP contribution in [0.2, 0.25) is 0 Å². The van der Waals surface area contributed by atoms with Gasteiger partial charge in [-0.25, -0.2) is 4.79 Å². The molecule has 2 aromatic carbocycles. The fraction of sp³-hybridized carbons (Fsp3) is 0.318. The molecule has 1 saturated heterocycles. The number of imide groups is 1. The van der Waals surface area contributed by atoms with Gasteiger partial charge in [0.25, 0.3) is 5.91 Å². The van der Waals surface area contributed by atoms with Gasteiger partial charge in [0.1, 0.15) is 5.54 Å². The Morgan fingerprint density at radius 2 is 1.59 bits per heavy atom. The molecule has 140 valence electrons. The predicted octanol–water partition coefficient (Wildman–Crippen LogP) is 3.63. The maximum absolute atomic E-state index is 12.9. The van der Waals surface area contributed by atoms with Crippen molar-refractivity contribution in [3.8, 4) is 0 Å². The van der Waals surface area contributed by atoms with Crippen molar-refractivity contribution >= 4 is 17.7 Å². The molecule has 1 heterocycles. The summed E-state index contributed by atoms with van der Waals surface area (Å²) in [5.74, 6) is -0.686. The molecule has 0 radical (unpaired) electrons. The van der Waals surface area contributed by atoms with Gasteiger partial charge in [0.05, 0.1) is 6.54 Å². The number of nitrogens with zero attached hydrogens (tertiary/aromatic N) is 1. The van der Waals surface area contributed by atoms with Gasteiger partial charge in [-0.3, -0.25) is 14.5 Å². The smallest absolute Gasteiger partial charge is 0.319 e. The van der Waals surface area contributed by atoms with Crippen molar-refractivity contribution < 1.29 is 14.4 Å². The minimum atomic E-state index is -1.16. The van der Waals surface area contributed by atoms with Crippen LogP contribution in [0.15, 0.2) is 54.6 Å². The van der Waals surface area contributed by atoms with Crippen LogP contribution in [0.4, 0.5) is 4.79 Å². The zero-order valence-electron chi connectivity index (χ0n) is 16.1. The summed E-state index contributed by atoms with van der Waals surface area (Å²) < 4.78 is 0. The number of rotatable bonds is 4. The standard InChI is InChI=1S/C22H24N2O3/c1-21(2,3)16-12-10-15(11-13-16)18(25)14-24-19(26)22(4,23-20(24)27)17-8-6-5-7-9-17/h5-13H,14H2,1-4H3,(H,23,27)/t22-/m0/s1. The molecule has 0 aliphatic carbocycles. The number of Topliss-reactive ketones (excluding diaryl/α,β-unsaturated/α-hetero) is 1. The number of carbonyl (C=O) groups is 3. The lowest BCUT2D eigenvalue weighted by Crippen LogP contribution is -2.41. The van der Waals surface area contributed by atoms with Crippen molar-refractivity contribution in [2.75, 3.05) is 6.54 Å². The Morgan fingerprint density at radius 1 is 1.00 bits per heavy atom. The lowest BCUT2D eigenvalue weighted by molar-refractivity contribution is -0.130. The van der Waals surface area contributed by atoms with Crippen LogP contribution in [0.5, 0.6) is 0 Å². The molecule has 0 bridgehead atoms. The van der Waals surface area contributed by atoms with Crippen molar-refractivity contribution in [2.45, 2.75) is 38.6 Å².